The van der Waals surface area contributed by atoms with Crippen molar-refractivity contribution in [3.8, 4) is 11.3 Å². The van der Waals surface area contributed by atoms with Crippen LogP contribution in [0.25, 0.3) is 29.0 Å². The number of hydrogen-bond donors (Lipinski definition) is 0. The first kappa shape index (κ1) is 30.9. The zero-order chi connectivity index (χ0) is 30.4. The van der Waals surface area contributed by atoms with E-state index in [4.69, 9.17) is 0 Å². The number of hydrogen-bond acceptors (Lipinski definition) is 7. The van der Waals surface area contributed by atoms with Gasteiger partial charge in [-0.1, -0.05) is 67.2 Å². The van der Waals surface area contributed by atoms with Gasteiger partial charge in [0.1, 0.15) is 4.66 Å². The number of nitrogens with zero attached hydrogens (tertiary/aromatic N) is 3. The van der Waals surface area contributed by atoms with Crippen LogP contribution in [0.1, 0.15) is 43.7 Å². The van der Waals surface area contributed by atoms with Crippen LogP contribution in [0, 0.1) is 0 Å². The van der Waals surface area contributed by atoms with Crippen LogP contribution >= 0.6 is 22.7 Å². The summed E-state index contributed by atoms with van der Waals surface area (Å²) in [4.78, 5) is 15.7. The number of allylic oxidation sites excluding steroid dienone is 3. The lowest BCUT2D eigenvalue weighted by Gasteiger charge is -2.27. The van der Waals surface area contributed by atoms with Gasteiger partial charge in [-0.2, -0.15) is 4.57 Å². The van der Waals surface area contributed by atoms with Gasteiger partial charge in [0.25, 0.3) is 10.6 Å². The number of aromatic nitrogens is 2. The minimum Gasteiger partial charge on any atom is -0.748 e. The van der Waals surface area contributed by atoms with E-state index in [1.165, 1.54) is 28.4 Å². The number of para-hydroxylation sites is 1. The minimum absolute atomic E-state index is 0.0444. The number of anilines is 1. The number of rotatable bonds is 11. The third-order valence-corrected chi connectivity index (χ3v) is 10.1. The van der Waals surface area contributed by atoms with Crippen LogP contribution in [0.3, 0.4) is 0 Å². The molecule has 5 rings (SSSR count). The molecule has 0 saturated heterocycles. The highest BCUT2D eigenvalue weighted by molar-refractivity contribution is 7.85. The zero-order valence-electron chi connectivity index (χ0n) is 24.3. The van der Waals surface area contributed by atoms with Crippen molar-refractivity contribution in [3.05, 3.63) is 108 Å². The van der Waals surface area contributed by atoms with E-state index >= 15 is 0 Å². The van der Waals surface area contributed by atoms with Crippen molar-refractivity contribution >= 4 is 56.2 Å². The highest BCUT2D eigenvalue weighted by Gasteiger charge is 2.21. The summed E-state index contributed by atoms with van der Waals surface area (Å²) >= 11 is 2.96. The quantitative estimate of drug-likeness (QED) is 0.177. The molecule has 0 radical (unpaired) electrons. The Hall–Kier alpha value is -3.57. The van der Waals surface area contributed by atoms with Gasteiger partial charge in [-0.3, -0.25) is 9.36 Å². The second-order valence-electron chi connectivity index (χ2n) is 10.3. The molecule has 224 valence electrons. The molecule has 0 fully saturated rings. The Morgan fingerprint density at radius 2 is 1.77 bits per heavy atom. The summed E-state index contributed by atoms with van der Waals surface area (Å²) in [5.41, 5.74) is 5.26. The number of fused-ring (bicyclic) bond motifs is 1. The highest BCUT2D eigenvalue weighted by Crippen LogP contribution is 2.32. The molecule has 3 heterocycles. The lowest BCUT2D eigenvalue weighted by atomic mass is 9.99. The van der Waals surface area contributed by atoms with Crippen molar-refractivity contribution in [2.75, 3.05) is 17.2 Å². The molecule has 2 aromatic heterocycles. The molecule has 1 aliphatic heterocycles. The summed E-state index contributed by atoms with van der Waals surface area (Å²) in [6, 6.07) is 18.2. The van der Waals surface area contributed by atoms with Crippen molar-refractivity contribution in [3.63, 3.8) is 0 Å². The highest BCUT2D eigenvalue weighted by atomic mass is 32.2. The lowest BCUT2D eigenvalue weighted by Crippen LogP contribution is -2.38. The molecule has 7 nitrogen and oxygen atoms in total. The predicted octanol–water partition coefficient (Wildman–Crippen LogP) is 4.71. The summed E-state index contributed by atoms with van der Waals surface area (Å²) in [7, 11) is -4.31. The topological polar surface area (TPSA) is 86.3 Å². The van der Waals surface area contributed by atoms with E-state index in [9.17, 15) is 17.8 Å². The monoisotopic (exact) mass is 633 g/mol. The molecule has 0 spiro atoms. The van der Waals surface area contributed by atoms with Crippen LogP contribution < -0.4 is 24.2 Å². The second-order valence-corrected chi connectivity index (χ2v) is 13.7. The van der Waals surface area contributed by atoms with Crippen LogP contribution in [0.5, 0.6) is 0 Å². The van der Waals surface area contributed by atoms with Gasteiger partial charge in [0.15, 0.2) is 6.54 Å². The molecule has 4 aromatic rings. The summed E-state index contributed by atoms with van der Waals surface area (Å²) in [6.45, 7) is 6.00. The maximum Gasteiger partial charge on any atom is 0.269 e. The average Bonchev–Trinajstić information content (AvgIpc) is 3.54. The maximum absolute atomic E-state index is 13.5. The Labute approximate surface area is 260 Å². The van der Waals surface area contributed by atoms with Crippen molar-refractivity contribution in [1.82, 2.24) is 4.57 Å². The van der Waals surface area contributed by atoms with Crippen molar-refractivity contribution in [2.24, 2.45) is 0 Å². The van der Waals surface area contributed by atoms with Crippen LogP contribution in [-0.2, 0) is 23.2 Å². The van der Waals surface area contributed by atoms with Crippen LogP contribution in [-0.4, -0.2) is 29.8 Å². The largest absolute Gasteiger partial charge is 0.748 e. The first-order chi connectivity index (χ1) is 20.8. The first-order valence-electron chi connectivity index (χ1n) is 14.5. The third kappa shape index (κ3) is 7.33. The molecular weight excluding hydrogens is 599 g/mol. The second kappa shape index (κ2) is 13.8. The average molecular weight is 634 g/mol. The SMILES string of the molecule is CCCCN1C=C/C(=C\C=c2\s/c(=C/c3scc(-c4ccccc4)[n+]3CCCS(=O)(=O)[O-])n(CC)c2=O)c2ccccc21. The van der Waals surface area contributed by atoms with Gasteiger partial charge < -0.3 is 9.45 Å². The van der Waals surface area contributed by atoms with E-state index in [2.05, 4.69) is 42.3 Å². The molecule has 0 bridgehead atoms. The van der Waals surface area contributed by atoms with Crippen LogP contribution in [0.2, 0.25) is 0 Å². The van der Waals surface area contributed by atoms with Gasteiger partial charge in [-0.05, 0) is 49.3 Å². The van der Waals surface area contributed by atoms with Crippen molar-refractivity contribution in [2.45, 2.75) is 46.2 Å². The molecule has 0 saturated carbocycles. The van der Waals surface area contributed by atoms with E-state index in [-0.39, 0.29) is 12.0 Å². The molecule has 0 atom stereocenters. The van der Waals surface area contributed by atoms with Crippen molar-refractivity contribution < 1.29 is 17.5 Å². The smallest absolute Gasteiger partial charge is 0.269 e. The zero-order valence-corrected chi connectivity index (χ0v) is 26.8. The molecule has 43 heavy (non-hydrogen) atoms. The van der Waals surface area contributed by atoms with E-state index < -0.39 is 15.9 Å². The summed E-state index contributed by atoms with van der Waals surface area (Å²) in [5.74, 6) is -0.427. The van der Waals surface area contributed by atoms with Gasteiger partial charge in [0.2, 0.25) is 5.69 Å². The molecular formula is C33H35N3O4S3. The molecule has 2 aromatic carbocycles. The Morgan fingerprint density at radius 1 is 1.00 bits per heavy atom. The summed E-state index contributed by atoms with van der Waals surface area (Å²) in [6.07, 6.45) is 12.6. The normalized spacial score (nSPS) is 15.0. The Balaban J connectivity index is 1.55. The van der Waals surface area contributed by atoms with E-state index in [0.717, 1.165) is 51.5 Å². The summed E-state index contributed by atoms with van der Waals surface area (Å²) in [5, 5.41) is 2.91. The minimum atomic E-state index is -4.31. The van der Waals surface area contributed by atoms with E-state index in [1.807, 2.05) is 71.5 Å². The maximum atomic E-state index is 13.5. The molecule has 0 unspecified atom stereocenters. The molecule has 0 N–H and O–H groups in total. The summed E-state index contributed by atoms with van der Waals surface area (Å²) < 4.78 is 39.1. The van der Waals surface area contributed by atoms with E-state index in [1.54, 1.807) is 4.57 Å². The van der Waals surface area contributed by atoms with Gasteiger partial charge in [0, 0.05) is 48.3 Å². The first-order valence-corrected chi connectivity index (χ1v) is 17.7. The number of benzene rings is 2. The molecule has 10 heteroatoms. The Kier molecular flexibility index (Phi) is 9.92. The van der Waals surface area contributed by atoms with Gasteiger partial charge in [0.05, 0.1) is 26.1 Å². The Bertz CT molecular complexity index is 1930. The fourth-order valence-electron chi connectivity index (χ4n) is 5.14. The van der Waals surface area contributed by atoms with Crippen LogP contribution in [0.4, 0.5) is 5.69 Å². The van der Waals surface area contributed by atoms with Gasteiger partial charge >= 0.3 is 0 Å². The van der Waals surface area contributed by atoms with E-state index in [0.29, 0.717) is 17.6 Å². The lowest BCUT2D eigenvalue weighted by molar-refractivity contribution is -0.683. The molecule has 1 aliphatic rings. The fourth-order valence-corrected chi connectivity index (χ4v) is 7.74. The van der Waals surface area contributed by atoms with Crippen LogP contribution in [0.15, 0.2) is 83.1 Å². The van der Waals surface area contributed by atoms with Gasteiger partial charge in [-0.25, -0.2) is 8.42 Å². The predicted molar refractivity (Wildman–Crippen MR) is 176 cm³/mol. The molecule has 0 amide bonds. The van der Waals surface area contributed by atoms with Gasteiger partial charge in [-0.15, -0.1) is 11.3 Å². The van der Waals surface area contributed by atoms with Crippen molar-refractivity contribution in [1.29, 1.82) is 0 Å². The standard InChI is InChI=1S/C33H35N3O4S3/c1-3-5-19-34-21-18-25(27-14-9-10-15-28(27)34)16-17-30-33(37)35(4-2)32(42-30)23-31-36(20-11-22-43(38,39)40)29(24-41-31)26-12-7-6-8-13-26/h6-10,12-18,21,23-24H,3-5,11,19-20,22H2,1-2H3/b25-16+,30-17+. The molecule has 0 aliphatic carbocycles. The number of thiazole rings is 2. The fraction of sp³-hybridized carbons (Fsp3) is 0.273. The number of unbranched alkanes of at least 4 members (excludes halogenated alkanes) is 1. The third-order valence-electron chi connectivity index (χ3n) is 7.32. The Morgan fingerprint density at radius 3 is 2.51 bits per heavy atom.